The maximum Gasteiger partial charge on any atom is 0.231 e. The highest BCUT2D eigenvalue weighted by Crippen LogP contribution is 2.23. The molecule has 0 aliphatic rings. The zero-order valence-electron chi connectivity index (χ0n) is 13.9. The third kappa shape index (κ3) is 4.18. The van der Waals surface area contributed by atoms with Crippen LogP contribution in [-0.2, 0) is 4.79 Å². The van der Waals surface area contributed by atoms with Crippen molar-refractivity contribution in [3.05, 3.63) is 71.8 Å². The molecule has 2 aromatic rings. The molecule has 2 rings (SSSR count). The van der Waals surface area contributed by atoms with E-state index in [4.69, 9.17) is 11.1 Å². The summed E-state index contributed by atoms with van der Waals surface area (Å²) in [5.74, 6) is -0.383. The van der Waals surface area contributed by atoms with Gasteiger partial charge in [0.25, 0.3) is 0 Å². The van der Waals surface area contributed by atoms with Crippen molar-refractivity contribution in [1.82, 2.24) is 0 Å². The molecule has 1 atom stereocenters. The maximum atomic E-state index is 12.7. The largest absolute Gasteiger partial charge is 0.330 e. The van der Waals surface area contributed by atoms with Crippen LogP contribution in [-0.4, -0.2) is 18.2 Å². The Labute approximate surface area is 142 Å². The lowest BCUT2D eigenvalue weighted by atomic mass is 9.94. The summed E-state index contributed by atoms with van der Waals surface area (Å²) in [6, 6.07) is 15.1. The summed E-state index contributed by atoms with van der Waals surface area (Å²) in [5, 5.41) is 10.8. The van der Waals surface area contributed by atoms with Crippen molar-refractivity contribution >= 4 is 23.4 Å². The molecule has 0 aliphatic carbocycles. The van der Waals surface area contributed by atoms with Crippen LogP contribution in [0.1, 0.15) is 36.0 Å². The highest BCUT2D eigenvalue weighted by molar-refractivity contribution is 6.02. The van der Waals surface area contributed by atoms with Crippen LogP contribution in [0.15, 0.2) is 55.1 Å². The number of carbonyl (C=O) groups is 1. The molecule has 4 nitrogen and oxygen atoms in total. The quantitative estimate of drug-likeness (QED) is 0.678. The Bertz CT molecular complexity index is 738. The SMILES string of the molecule is C=Cc1ccc(NC(=O)C(CCN)c2ccccc2)cc1C(C)=N. The van der Waals surface area contributed by atoms with E-state index < -0.39 is 0 Å². The van der Waals surface area contributed by atoms with Crippen LogP contribution in [0.5, 0.6) is 0 Å². The average Bonchev–Trinajstić information content (AvgIpc) is 2.60. The van der Waals surface area contributed by atoms with Gasteiger partial charge in [-0.05, 0) is 43.1 Å². The molecule has 0 radical (unpaired) electrons. The van der Waals surface area contributed by atoms with Crippen LogP contribution in [0.2, 0.25) is 0 Å². The van der Waals surface area contributed by atoms with Crippen molar-refractivity contribution in [2.24, 2.45) is 5.73 Å². The second-order valence-corrected chi connectivity index (χ2v) is 5.66. The number of nitrogens with one attached hydrogen (secondary N) is 2. The third-order valence-corrected chi connectivity index (χ3v) is 3.92. The van der Waals surface area contributed by atoms with Crippen LogP contribution in [0.3, 0.4) is 0 Å². The molecule has 124 valence electrons. The number of carbonyl (C=O) groups excluding carboxylic acids is 1. The number of hydrogen-bond donors (Lipinski definition) is 3. The Morgan fingerprint density at radius 1 is 1.29 bits per heavy atom. The molecule has 0 fully saturated rings. The van der Waals surface area contributed by atoms with Crippen molar-refractivity contribution in [3.8, 4) is 0 Å². The first-order chi connectivity index (χ1) is 11.6. The lowest BCUT2D eigenvalue weighted by Gasteiger charge is -2.17. The second kappa shape index (κ2) is 8.22. The summed E-state index contributed by atoms with van der Waals surface area (Å²) >= 11 is 0. The molecule has 0 aliphatic heterocycles. The zero-order chi connectivity index (χ0) is 17.5. The number of anilines is 1. The normalized spacial score (nSPS) is 11.6. The predicted octanol–water partition coefficient (Wildman–Crippen LogP) is 3.79. The number of rotatable bonds is 7. The van der Waals surface area contributed by atoms with Gasteiger partial charge in [0.15, 0.2) is 0 Å². The topological polar surface area (TPSA) is 79.0 Å². The summed E-state index contributed by atoms with van der Waals surface area (Å²) in [6.45, 7) is 5.91. The van der Waals surface area contributed by atoms with E-state index in [1.165, 1.54) is 0 Å². The Hall–Kier alpha value is -2.72. The molecule has 1 amide bonds. The van der Waals surface area contributed by atoms with Crippen molar-refractivity contribution in [3.63, 3.8) is 0 Å². The van der Waals surface area contributed by atoms with Gasteiger partial charge in [0.05, 0.1) is 5.92 Å². The Balaban J connectivity index is 2.25. The van der Waals surface area contributed by atoms with Crippen LogP contribution in [0.4, 0.5) is 5.69 Å². The van der Waals surface area contributed by atoms with Gasteiger partial charge in [0.2, 0.25) is 5.91 Å². The van der Waals surface area contributed by atoms with Crippen LogP contribution in [0.25, 0.3) is 6.08 Å². The molecule has 4 heteroatoms. The molecular weight excluding hydrogens is 298 g/mol. The lowest BCUT2D eigenvalue weighted by molar-refractivity contribution is -0.117. The van der Waals surface area contributed by atoms with E-state index in [0.717, 1.165) is 16.7 Å². The smallest absolute Gasteiger partial charge is 0.231 e. The Morgan fingerprint density at radius 3 is 2.58 bits per heavy atom. The first-order valence-electron chi connectivity index (χ1n) is 7.94. The standard InChI is InChI=1S/C20H23N3O/c1-3-15-9-10-17(13-19(15)14(2)22)23-20(24)18(11-12-21)16-7-5-4-6-8-16/h3-10,13,18,22H,1,11-12,21H2,2H3,(H,23,24). The molecule has 0 aromatic heterocycles. The molecule has 0 spiro atoms. The van der Waals surface area contributed by atoms with E-state index in [1.54, 1.807) is 13.0 Å². The fourth-order valence-electron chi connectivity index (χ4n) is 2.67. The monoisotopic (exact) mass is 321 g/mol. The fraction of sp³-hybridized carbons (Fsp3) is 0.200. The number of benzene rings is 2. The third-order valence-electron chi connectivity index (χ3n) is 3.92. The van der Waals surface area contributed by atoms with Gasteiger partial charge < -0.3 is 16.5 Å². The molecule has 1 unspecified atom stereocenters. The van der Waals surface area contributed by atoms with Crippen molar-refractivity contribution < 1.29 is 4.79 Å². The molecule has 0 saturated heterocycles. The minimum atomic E-state index is -0.292. The Morgan fingerprint density at radius 2 is 2.00 bits per heavy atom. The number of amides is 1. The second-order valence-electron chi connectivity index (χ2n) is 5.66. The van der Waals surface area contributed by atoms with E-state index in [2.05, 4.69) is 11.9 Å². The first kappa shape index (κ1) is 17.6. The molecule has 0 saturated carbocycles. The van der Waals surface area contributed by atoms with E-state index in [1.807, 2.05) is 48.5 Å². The summed E-state index contributed by atoms with van der Waals surface area (Å²) in [5.41, 5.74) is 9.37. The summed E-state index contributed by atoms with van der Waals surface area (Å²) in [4.78, 5) is 12.7. The molecule has 24 heavy (non-hydrogen) atoms. The summed E-state index contributed by atoms with van der Waals surface area (Å²) < 4.78 is 0. The zero-order valence-corrected chi connectivity index (χ0v) is 13.9. The van der Waals surface area contributed by atoms with Gasteiger partial charge in [-0.3, -0.25) is 4.79 Å². The minimum Gasteiger partial charge on any atom is -0.330 e. The van der Waals surface area contributed by atoms with E-state index in [9.17, 15) is 4.79 Å². The molecule has 2 aromatic carbocycles. The summed E-state index contributed by atoms with van der Waals surface area (Å²) in [6.07, 6.45) is 2.29. The Kier molecular flexibility index (Phi) is 6.04. The van der Waals surface area contributed by atoms with Gasteiger partial charge in [0.1, 0.15) is 0 Å². The van der Waals surface area contributed by atoms with Gasteiger partial charge in [-0.25, -0.2) is 0 Å². The van der Waals surface area contributed by atoms with Crippen molar-refractivity contribution in [1.29, 1.82) is 5.41 Å². The average molecular weight is 321 g/mol. The number of nitrogens with two attached hydrogens (primary N) is 1. The lowest BCUT2D eigenvalue weighted by Crippen LogP contribution is -2.23. The van der Waals surface area contributed by atoms with E-state index in [-0.39, 0.29) is 11.8 Å². The first-order valence-corrected chi connectivity index (χ1v) is 7.94. The molecule has 0 heterocycles. The van der Waals surface area contributed by atoms with Gasteiger partial charge in [-0.15, -0.1) is 0 Å². The van der Waals surface area contributed by atoms with Crippen LogP contribution in [0, 0.1) is 5.41 Å². The van der Waals surface area contributed by atoms with Gasteiger partial charge in [-0.1, -0.05) is 49.1 Å². The molecule has 4 N–H and O–H groups in total. The molecular formula is C20H23N3O. The highest BCUT2D eigenvalue weighted by atomic mass is 16.1. The van der Waals surface area contributed by atoms with Crippen molar-refractivity contribution in [2.45, 2.75) is 19.3 Å². The fourth-order valence-corrected chi connectivity index (χ4v) is 2.67. The van der Waals surface area contributed by atoms with E-state index in [0.29, 0.717) is 24.4 Å². The van der Waals surface area contributed by atoms with Crippen molar-refractivity contribution in [2.75, 3.05) is 11.9 Å². The van der Waals surface area contributed by atoms with Gasteiger partial charge in [-0.2, -0.15) is 0 Å². The highest BCUT2D eigenvalue weighted by Gasteiger charge is 2.20. The summed E-state index contributed by atoms with van der Waals surface area (Å²) in [7, 11) is 0. The maximum absolute atomic E-state index is 12.7. The number of hydrogen-bond acceptors (Lipinski definition) is 3. The minimum absolute atomic E-state index is 0.0911. The van der Waals surface area contributed by atoms with Crippen LogP contribution >= 0.6 is 0 Å². The van der Waals surface area contributed by atoms with Crippen LogP contribution < -0.4 is 11.1 Å². The molecule has 0 bridgehead atoms. The van der Waals surface area contributed by atoms with Gasteiger partial charge in [0, 0.05) is 17.0 Å². The van der Waals surface area contributed by atoms with E-state index >= 15 is 0 Å². The van der Waals surface area contributed by atoms with Gasteiger partial charge >= 0.3 is 0 Å². The predicted molar refractivity (Wildman–Crippen MR) is 101 cm³/mol.